The number of nitrogens with zero attached hydrogens (tertiary/aromatic N) is 2. The van der Waals surface area contributed by atoms with Gasteiger partial charge >= 0.3 is 5.97 Å². The fourth-order valence-electron chi connectivity index (χ4n) is 4.06. The van der Waals surface area contributed by atoms with Crippen LogP contribution in [0.25, 0.3) is 22.4 Å². The minimum atomic E-state index is -0.539. The van der Waals surface area contributed by atoms with Crippen molar-refractivity contribution in [3.63, 3.8) is 0 Å². The summed E-state index contributed by atoms with van der Waals surface area (Å²) in [5.41, 5.74) is 1.58. The molecule has 0 radical (unpaired) electrons. The van der Waals surface area contributed by atoms with Crippen LogP contribution in [0.5, 0.6) is 0 Å². The van der Waals surface area contributed by atoms with E-state index in [4.69, 9.17) is 9.15 Å². The quantitative estimate of drug-likeness (QED) is 0.624. The summed E-state index contributed by atoms with van der Waals surface area (Å²) >= 11 is 0. The molecule has 6 nitrogen and oxygen atoms in total. The van der Waals surface area contributed by atoms with Crippen molar-refractivity contribution in [2.45, 2.75) is 20.3 Å². The first-order chi connectivity index (χ1) is 14.0. The lowest BCUT2D eigenvalue weighted by Gasteiger charge is -2.34. The van der Waals surface area contributed by atoms with E-state index in [-0.39, 0.29) is 12.5 Å². The molecule has 0 spiro atoms. The normalized spacial score (nSPS) is 19.3. The number of pyridine rings is 1. The van der Waals surface area contributed by atoms with Gasteiger partial charge in [0.25, 0.3) is 5.91 Å². The number of furan rings is 1. The molecule has 1 saturated heterocycles. The number of hydrogen-bond acceptors (Lipinski definition) is 5. The van der Waals surface area contributed by atoms with Crippen LogP contribution in [-0.2, 0) is 9.53 Å². The van der Waals surface area contributed by atoms with E-state index < -0.39 is 5.97 Å². The number of carbonyl (C=O) groups excluding carboxylic acids is 2. The molecule has 1 aromatic carbocycles. The van der Waals surface area contributed by atoms with Crippen LogP contribution in [0.1, 0.15) is 30.6 Å². The fourth-order valence-corrected chi connectivity index (χ4v) is 4.06. The predicted molar refractivity (Wildman–Crippen MR) is 109 cm³/mol. The zero-order valence-corrected chi connectivity index (χ0v) is 16.6. The third kappa shape index (κ3) is 4.16. The van der Waals surface area contributed by atoms with Gasteiger partial charge in [-0.15, -0.1) is 0 Å². The summed E-state index contributed by atoms with van der Waals surface area (Å²) in [5, 5.41) is 0.681. The van der Waals surface area contributed by atoms with Crippen molar-refractivity contribution >= 4 is 22.8 Å². The maximum atomic E-state index is 12.8. The Morgan fingerprint density at radius 1 is 1.14 bits per heavy atom. The molecule has 0 aliphatic carbocycles. The van der Waals surface area contributed by atoms with E-state index in [1.165, 1.54) is 0 Å². The molecule has 6 heteroatoms. The summed E-state index contributed by atoms with van der Waals surface area (Å²) < 4.78 is 10.8. The Morgan fingerprint density at radius 2 is 1.90 bits per heavy atom. The molecule has 1 amide bonds. The highest BCUT2D eigenvalue weighted by molar-refractivity contribution is 6.05. The molecule has 29 heavy (non-hydrogen) atoms. The van der Waals surface area contributed by atoms with Crippen molar-refractivity contribution in [3.8, 4) is 11.5 Å². The monoisotopic (exact) mass is 392 g/mol. The number of likely N-dealkylation sites (tertiary alicyclic amines) is 1. The van der Waals surface area contributed by atoms with Crippen LogP contribution in [0.4, 0.5) is 0 Å². The van der Waals surface area contributed by atoms with Crippen molar-refractivity contribution in [2.75, 3.05) is 19.7 Å². The van der Waals surface area contributed by atoms with E-state index in [1.807, 2.05) is 24.3 Å². The first kappa shape index (κ1) is 19.2. The van der Waals surface area contributed by atoms with Crippen LogP contribution in [0.2, 0.25) is 0 Å². The first-order valence-corrected chi connectivity index (χ1v) is 9.90. The lowest BCUT2D eigenvalue weighted by Crippen LogP contribution is -2.44. The van der Waals surface area contributed by atoms with Crippen LogP contribution >= 0.6 is 0 Å². The standard InChI is InChI=1S/C23H24N2O4/c1-15-10-16(2)13-25(12-15)22(26)14-29-23(27)18-11-20(21-8-5-9-28-21)24-19-7-4-3-6-17(18)19/h3-9,11,15-16H,10,12-14H2,1-2H3. The van der Waals surface area contributed by atoms with Crippen molar-refractivity contribution in [1.29, 1.82) is 0 Å². The second kappa shape index (κ2) is 8.07. The molecular formula is C23H24N2O4. The number of aromatic nitrogens is 1. The molecule has 1 fully saturated rings. The molecule has 0 N–H and O–H groups in total. The number of esters is 1. The number of fused-ring (bicyclic) bond motifs is 1. The maximum Gasteiger partial charge on any atom is 0.339 e. The van der Waals surface area contributed by atoms with Gasteiger partial charge in [0, 0.05) is 18.5 Å². The Balaban J connectivity index is 1.54. The van der Waals surface area contributed by atoms with Gasteiger partial charge in [-0.2, -0.15) is 0 Å². The van der Waals surface area contributed by atoms with Crippen LogP contribution in [0, 0.1) is 11.8 Å². The largest absolute Gasteiger partial charge is 0.463 e. The molecular weight excluding hydrogens is 368 g/mol. The molecule has 2 aromatic heterocycles. The van der Waals surface area contributed by atoms with Crippen molar-refractivity contribution < 1.29 is 18.7 Å². The summed E-state index contributed by atoms with van der Waals surface area (Å²) in [5.74, 6) is 0.790. The number of piperidine rings is 1. The second-order valence-electron chi connectivity index (χ2n) is 7.87. The molecule has 1 aliphatic rings. The van der Waals surface area contributed by atoms with Crippen LogP contribution < -0.4 is 0 Å². The summed E-state index contributed by atoms with van der Waals surface area (Å²) in [7, 11) is 0. The molecule has 0 saturated carbocycles. The zero-order chi connectivity index (χ0) is 20.4. The molecule has 4 rings (SSSR count). The Kier molecular flexibility index (Phi) is 5.34. The van der Waals surface area contributed by atoms with Gasteiger partial charge in [0.15, 0.2) is 12.4 Å². The maximum absolute atomic E-state index is 12.8. The number of hydrogen-bond donors (Lipinski definition) is 0. The minimum Gasteiger partial charge on any atom is -0.463 e. The molecule has 1 aliphatic heterocycles. The Bertz CT molecular complexity index is 1020. The van der Waals surface area contributed by atoms with Gasteiger partial charge in [0.1, 0.15) is 5.69 Å². The zero-order valence-electron chi connectivity index (χ0n) is 16.6. The van der Waals surface area contributed by atoms with Crippen LogP contribution in [0.15, 0.2) is 53.1 Å². The first-order valence-electron chi connectivity index (χ1n) is 9.90. The minimum absolute atomic E-state index is 0.152. The highest BCUT2D eigenvalue weighted by Crippen LogP contribution is 2.26. The third-order valence-electron chi connectivity index (χ3n) is 5.26. The molecule has 150 valence electrons. The fraction of sp³-hybridized carbons (Fsp3) is 0.348. The highest BCUT2D eigenvalue weighted by atomic mass is 16.5. The van der Waals surface area contributed by atoms with E-state index in [9.17, 15) is 9.59 Å². The summed E-state index contributed by atoms with van der Waals surface area (Å²) in [6.07, 6.45) is 2.67. The number of amides is 1. The highest BCUT2D eigenvalue weighted by Gasteiger charge is 2.26. The molecule has 2 atom stereocenters. The molecule has 3 heterocycles. The molecule has 2 unspecified atom stereocenters. The van der Waals surface area contributed by atoms with Gasteiger partial charge in [-0.1, -0.05) is 32.0 Å². The van der Waals surface area contributed by atoms with E-state index in [2.05, 4.69) is 18.8 Å². The summed E-state index contributed by atoms with van der Waals surface area (Å²) in [4.78, 5) is 31.8. The topological polar surface area (TPSA) is 72.6 Å². The van der Waals surface area contributed by atoms with E-state index >= 15 is 0 Å². The number of ether oxygens (including phenoxy) is 1. The number of carbonyl (C=O) groups is 2. The lowest BCUT2D eigenvalue weighted by atomic mass is 9.92. The Morgan fingerprint density at radius 3 is 2.62 bits per heavy atom. The van der Waals surface area contributed by atoms with Gasteiger partial charge in [0.05, 0.1) is 17.3 Å². The number of para-hydroxylation sites is 1. The second-order valence-corrected chi connectivity index (χ2v) is 7.87. The number of benzene rings is 1. The Labute approximate surface area is 169 Å². The lowest BCUT2D eigenvalue weighted by molar-refractivity contribution is -0.137. The predicted octanol–water partition coefficient (Wildman–Crippen LogP) is 4.16. The number of rotatable bonds is 4. The average Bonchev–Trinajstić information content (AvgIpc) is 3.25. The van der Waals surface area contributed by atoms with Gasteiger partial charge in [0.2, 0.25) is 0 Å². The van der Waals surface area contributed by atoms with E-state index in [0.717, 1.165) is 6.42 Å². The molecule has 0 bridgehead atoms. The van der Waals surface area contributed by atoms with Gasteiger partial charge in [-0.25, -0.2) is 9.78 Å². The summed E-state index contributed by atoms with van der Waals surface area (Å²) in [6, 6.07) is 12.6. The van der Waals surface area contributed by atoms with E-state index in [0.29, 0.717) is 52.8 Å². The Hall–Kier alpha value is -3.15. The smallest absolute Gasteiger partial charge is 0.339 e. The van der Waals surface area contributed by atoms with E-state index in [1.54, 1.807) is 29.4 Å². The summed E-state index contributed by atoms with van der Waals surface area (Å²) in [6.45, 7) is 5.44. The average molecular weight is 392 g/mol. The van der Waals surface area contributed by atoms with Crippen molar-refractivity contribution in [1.82, 2.24) is 9.88 Å². The van der Waals surface area contributed by atoms with Crippen LogP contribution in [-0.4, -0.2) is 41.5 Å². The SMILES string of the molecule is CC1CC(C)CN(C(=O)COC(=O)c2cc(-c3ccco3)nc3ccccc23)C1. The molecule has 3 aromatic rings. The van der Waals surface area contributed by atoms with Gasteiger partial charge in [-0.3, -0.25) is 4.79 Å². The van der Waals surface area contributed by atoms with Gasteiger partial charge < -0.3 is 14.1 Å². The van der Waals surface area contributed by atoms with Crippen molar-refractivity contribution in [2.24, 2.45) is 11.8 Å². The van der Waals surface area contributed by atoms with Crippen molar-refractivity contribution in [3.05, 3.63) is 54.3 Å². The third-order valence-corrected chi connectivity index (χ3v) is 5.26. The van der Waals surface area contributed by atoms with Gasteiger partial charge in [-0.05, 0) is 42.5 Å². The van der Waals surface area contributed by atoms with Crippen LogP contribution in [0.3, 0.4) is 0 Å².